The SMILES string of the molecule is Cc1c(NC(=O)CN2C(=O)CCOc3ccccc32)c(=O)n(-c2ccccc2)n1C. The summed E-state index contributed by atoms with van der Waals surface area (Å²) in [6, 6.07) is 16.3. The number of rotatable bonds is 4. The van der Waals surface area contributed by atoms with Gasteiger partial charge in [0.2, 0.25) is 11.8 Å². The van der Waals surface area contributed by atoms with Crippen molar-refractivity contribution < 1.29 is 14.3 Å². The van der Waals surface area contributed by atoms with Gasteiger partial charge in [0.15, 0.2) is 0 Å². The summed E-state index contributed by atoms with van der Waals surface area (Å²) in [4.78, 5) is 39.7. The molecule has 0 bridgehead atoms. The van der Waals surface area contributed by atoms with Crippen molar-refractivity contribution in [2.75, 3.05) is 23.4 Å². The van der Waals surface area contributed by atoms with Crippen LogP contribution in [0.1, 0.15) is 12.1 Å². The Hall–Kier alpha value is -3.81. The van der Waals surface area contributed by atoms with Gasteiger partial charge >= 0.3 is 0 Å². The molecule has 0 saturated carbocycles. The predicted molar refractivity (Wildman–Crippen MR) is 113 cm³/mol. The summed E-state index contributed by atoms with van der Waals surface area (Å²) in [5, 5.41) is 2.70. The lowest BCUT2D eigenvalue weighted by atomic mass is 10.2. The van der Waals surface area contributed by atoms with Gasteiger partial charge in [-0.3, -0.25) is 24.0 Å². The first-order chi connectivity index (χ1) is 14.5. The van der Waals surface area contributed by atoms with Gasteiger partial charge in [-0.15, -0.1) is 0 Å². The van der Waals surface area contributed by atoms with Gasteiger partial charge < -0.3 is 10.1 Å². The highest BCUT2D eigenvalue weighted by Gasteiger charge is 2.26. The van der Waals surface area contributed by atoms with E-state index >= 15 is 0 Å². The van der Waals surface area contributed by atoms with Gasteiger partial charge in [0, 0.05) is 7.05 Å². The third-order valence-corrected chi connectivity index (χ3v) is 5.15. The lowest BCUT2D eigenvalue weighted by Gasteiger charge is -2.21. The topological polar surface area (TPSA) is 85.6 Å². The van der Waals surface area contributed by atoms with Gasteiger partial charge in [0.1, 0.15) is 18.0 Å². The zero-order chi connectivity index (χ0) is 21.3. The maximum absolute atomic E-state index is 13.0. The second kappa shape index (κ2) is 7.90. The molecule has 2 amide bonds. The predicted octanol–water partition coefficient (Wildman–Crippen LogP) is 2.24. The Kier molecular flexibility index (Phi) is 5.14. The Morgan fingerprint density at radius 1 is 1.07 bits per heavy atom. The summed E-state index contributed by atoms with van der Waals surface area (Å²) in [7, 11) is 1.76. The average molecular weight is 406 g/mol. The third kappa shape index (κ3) is 3.47. The van der Waals surface area contributed by atoms with Gasteiger partial charge in [0.05, 0.1) is 30.1 Å². The first-order valence-electron chi connectivity index (χ1n) is 9.63. The molecule has 0 spiro atoms. The van der Waals surface area contributed by atoms with Crippen LogP contribution in [0.25, 0.3) is 5.69 Å². The number of hydrogen-bond acceptors (Lipinski definition) is 4. The number of para-hydroxylation sites is 3. The zero-order valence-electron chi connectivity index (χ0n) is 16.8. The molecule has 0 unspecified atom stereocenters. The first-order valence-corrected chi connectivity index (χ1v) is 9.63. The quantitative estimate of drug-likeness (QED) is 0.720. The maximum Gasteiger partial charge on any atom is 0.295 e. The van der Waals surface area contributed by atoms with E-state index in [1.165, 1.54) is 9.58 Å². The molecule has 8 heteroatoms. The van der Waals surface area contributed by atoms with E-state index in [0.717, 1.165) is 0 Å². The van der Waals surface area contributed by atoms with Crippen LogP contribution < -0.4 is 20.5 Å². The molecule has 1 aliphatic heterocycles. The van der Waals surface area contributed by atoms with Crippen LogP contribution in [0.15, 0.2) is 59.4 Å². The normalized spacial score (nSPS) is 13.4. The number of carbonyl (C=O) groups is 2. The Balaban J connectivity index is 1.61. The van der Waals surface area contributed by atoms with E-state index < -0.39 is 5.91 Å². The van der Waals surface area contributed by atoms with Crippen LogP contribution in [0, 0.1) is 6.92 Å². The number of nitrogens with one attached hydrogen (secondary N) is 1. The minimum absolute atomic E-state index is 0.174. The van der Waals surface area contributed by atoms with E-state index in [0.29, 0.717) is 22.8 Å². The Labute approximate surface area is 173 Å². The number of anilines is 2. The lowest BCUT2D eigenvalue weighted by molar-refractivity contribution is -0.121. The molecule has 154 valence electrons. The van der Waals surface area contributed by atoms with Crippen molar-refractivity contribution in [1.82, 2.24) is 9.36 Å². The number of aromatic nitrogens is 2. The molecule has 0 atom stereocenters. The third-order valence-electron chi connectivity index (χ3n) is 5.15. The highest BCUT2D eigenvalue weighted by Crippen LogP contribution is 2.30. The zero-order valence-corrected chi connectivity index (χ0v) is 16.8. The molecule has 2 heterocycles. The second-order valence-corrected chi connectivity index (χ2v) is 7.03. The fraction of sp³-hybridized carbons (Fsp3) is 0.227. The molecule has 1 aliphatic rings. The maximum atomic E-state index is 13.0. The van der Waals surface area contributed by atoms with Crippen LogP contribution in [0.3, 0.4) is 0 Å². The van der Waals surface area contributed by atoms with Crippen molar-refractivity contribution in [3.05, 3.63) is 70.6 Å². The number of fused-ring (bicyclic) bond motifs is 1. The van der Waals surface area contributed by atoms with Crippen molar-refractivity contribution in [2.45, 2.75) is 13.3 Å². The molecule has 0 fully saturated rings. The highest BCUT2D eigenvalue weighted by molar-refractivity contribution is 6.03. The van der Waals surface area contributed by atoms with Crippen molar-refractivity contribution >= 4 is 23.2 Å². The number of ether oxygens (including phenoxy) is 1. The fourth-order valence-electron chi connectivity index (χ4n) is 3.53. The minimum atomic E-state index is -0.453. The molecule has 1 aromatic heterocycles. The molecule has 8 nitrogen and oxygen atoms in total. The average Bonchev–Trinajstić information content (AvgIpc) is 2.87. The second-order valence-electron chi connectivity index (χ2n) is 7.03. The number of benzene rings is 2. The van der Waals surface area contributed by atoms with Gasteiger partial charge in [-0.2, -0.15) is 0 Å². The molecular weight excluding hydrogens is 384 g/mol. The monoisotopic (exact) mass is 406 g/mol. The number of nitrogens with zero attached hydrogens (tertiary/aromatic N) is 3. The van der Waals surface area contributed by atoms with Crippen LogP contribution >= 0.6 is 0 Å². The molecule has 0 radical (unpaired) electrons. The Bertz CT molecular complexity index is 1160. The molecule has 3 aromatic rings. The Morgan fingerprint density at radius 2 is 1.77 bits per heavy atom. The summed E-state index contributed by atoms with van der Waals surface area (Å²) in [5.41, 5.74) is 1.71. The van der Waals surface area contributed by atoms with Crippen LogP contribution in [0.5, 0.6) is 5.75 Å². The highest BCUT2D eigenvalue weighted by atomic mass is 16.5. The van der Waals surface area contributed by atoms with E-state index in [2.05, 4.69) is 5.32 Å². The molecule has 0 aliphatic carbocycles. The van der Waals surface area contributed by atoms with Crippen LogP contribution in [-0.2, 0) is 16.6 Å². The van der Waals surface area contributed by atoms with Crippen molar-refractivity contribution in [3.8, 4) is 11.4 Å². The van der Waals surface area contributed by atoms with E-state index in [4.69, 9.17) is 4.74 Å². The van der Waals surface area contributed by atoms with Gasteiger partial charge in [0.25, 0.3) is 5.56 Å². The van der Waals surface area contributed by atoms with Crippen molar-refractivity contribution in [3.63, 3.8) is 0 Å². The standard InChI is InChI=1S/C22H22N4O4/c1-15-21(22(29)26(24(15)2)16-8-4-3-5-9-16)23-19(27)14-25-17-10-6-7-11-18(17)30-13-12-20(25)28/h3-11H,12-14H2,1-2H3,(H,23,27). The largest absolute Gasteiger partial charge is 0.491 e. The Morgan fingerprint density at radius 3 is 2.53 bits per heavy atom. The smallest absolute Gasteiger partial charge is 0.295 e. The van der Waals surface area contributed by atoms with Crippen molar-refractivity contribution in [1.29, 1.82) is 0 Å². The molecular formula is C22H22N4O4. The number of hydrogen-bond donors (Lipinski definition) is 1. The van der Waals surface area contributed by atoms with E-state index in [9.17, 15) is 14.4 Å². The number of amides is 2. The summed E-state index contributed by atoms with van der Waals surface area (Å²) >= 11 is 0. The first kappa shape index (κ1) is 19.5. The van der Waals surface area contributed by atoms with Gasteiger partial charge in [-0.1, -0.05) is 30.3 Å². The van der Waals surface area contributed by atoms with Gasteiger partial charge in [-0.25, -0.2) is 4.68 Å². The summed E-state index contributed by atoms with van der Waals surface area (Å²) in [6.07, 6.45) is 0.174. The van der Waals surface area contributed by atoms with E-state index in [-0.39, 0.29) is 36.7 Å². The summed E-state index contributed by atoms with van der Waals surface area (Å²) < 4.78 is 8.78. The minimum Gasteiger partial charge on any atom is -0.491 e. The summed E-state index contributed by atoms with van der Waals surface area (Å²) in [5.74, 6) is -0.105. The summed E-state index contributed by atoms with van der Waals surface area (Å²) in [6.45, 7) is 1.81. The number of carbonyl (C=O) groups excluding carboxylic acids is 2. The van der Waals surface area contributed by atoms with Crippen LogP contribution in [0.4, 0.5) is 11.4 Å². The fourth-order valence-corrected chi connectivity index (χ4v) is 3.53. The molecule has 4 rings (SSSR count). The van der Waals surface area contributed by atoms with Crippen LogP contribution in [0.2, 0.25) is 0 Å². The van der Waals surface area contributed by atoms with E-state index in [1.807, 2.05) is 36.4 Å². The van der Waals surface area contributed by atoms with Crippen molar-refractivity contribution in [2.24, 2.45) is 7.05 Å². The van der Waals surface area contributed by atoms with Crippen LogP contribution in [-0.4, -0.2) is 34.3 Å². The lowest BCUT2D eigenvalue weighted by Crippen LogP contribution is -2.38. The molecule has 2 aromatic carbocycles. The van der Waals surface area contributed by atoms with E-state index in [1.54, 1.807) is 36.9 Å². The molecule has 1 N–H and O–H groups in total. The van der Waals surface area contributed by atoms with Gasteiger partial charge in [-0.05, 0) is 31.2 Å². The molecule has 0 saturated heterocycles. The molecule has 30 heavy (non-hydrogen) atoms.